The molecule has 0 bridgehead atoms. The standard InChI is InChI=1S/C4HClF8/c5-1(3(8,9)10)2(6,7)4(11,12)13/h1H. The number of rotatable bonds is 1. The molecule has 0 radical (unpaired) electrons. The van der Waals surface area contributed by atoms with Gasteiger partial charge in [-0.25, -0.2) is 0 Å². The van der Waals surface area contributed by atoms with Crippen LogP contribution in [0.25, 0.3) is 0 Å². The second kappa shape index (κ2) is 3.14. The molecule has 0 aromatic heterocycles. The van der Waals surface area contributed by atoms with Crippen LogP contribution in [0.4, 0.5) is 35.1 Å². The van der Waals surface area contributed by atoms with Crippen molar-refractivity contribution in [1.29, 1.82) is 0 Å². The molecule has 0 spiro atoms. The summed E-state index contributed by atoms with van der Waals surface area (Å²) in [7, 11) is 0. The van der Waals surface area contributed by atoms with Gasteiger partial charge in [-0.1, -0.05) is 0 Å². The number of hydrogen-bond donors (Lipinski definition) is 0. The summed E-state index contributed by atoms with van der Waals surface area (Å²) < 4.78 is 91.6. The van der Waals surface area contributed by atoms with E-state index in [9.17, 15) is 35.1 Å². The van der Waals surface area contributed by atoms with Gasteiger partial charge in [0.1, 0.15) is 0 Å². The molecule has 0 aliphatic carbocycles. The Morgan fingerprint density at radius 2 is 1.08 bits per heavy atom. The average Bonchev–Trinajstić information content (AvgIpc) is 1.81. The van der Waals surface area contributed by atoms with Gasteiger partial charge in [-0.3, -0.25) is 0 Å². The van der Waals surface area contributed by atoms with Gasteiger partial charge in [-0.05, 0) is 0 Å². The lowest BCUT2D eigenvalue weighted by atomic mass is 10.2. The Morgan fingerprint density at radius 3 is 1.15 bits per heavy atom. The van der Waals surface area contributed by atoms with Crippen molar-refractivity contribution in [2.24, 2.45) is 0 Å². The van der Waals surface area contributed by atoms with E-state index in [1.807, 2.05) is 0 Å². The first kappa shape index (κ1) is 12.7. The molecule has 0 aliphatic rings. The van der Waals surface area contributed by atoms with E-state index < -0.39 is 23.7 Å². The van der Waals surface area contributed by atoms with Crippen LogP contribution in [0.3, 0.4) is 0 Å². The molecule has 13 heavy (non-hydrogen) atoms. The van der Waals surface area contributed by atoms with Crippen molar-refractivity contribution in [3.63, 3.8) is 0 Å². The van der Waals surface area contributed by atoms with Crippen LogP contribution in [0.15, 0.2) is 0 Å². The highest BCUT2D eigenvalue weighted by molar-refractivity contribution is 6.21. The molecule has 0 rings (SSSR count). The van der Waals surface area contributed by atoms with Gasteiger partial charge in [0.2, 0.25) is 5.38 Å². The van der Waals surface area contributed by atoms with Crippen molar-refractivity contribution in [2.75, 3.05) is 0 Å². The van der Waals surface area contributed by atoms with Gasteiger partial charge in [0.15, 0.2) is 0 Å². The Labute approximate surface area is 71.5 Å². The monoisotopic (exact) mass is 236 g/mol. The predicted octanol–water partition coefficient (Wildman–Crippen LogP) is 3.35. The lowest BCUT2D eigenvalue weighted by Gasteiger charge is -2.25. The Balaban J connectivity index is 4.86. The third kappa shape index (κ3) is 2.58. The minimum atomic E-state index is -6.31. The normalized spacial score (nSPS) is 17.3. The van der Waals surface area contributed by atoms with E-state index >= 15 is 0 Å². The molecule has 0 heterocycles. The van der Waals surface area contributed by atoms with E-state index in [0.717, 1.165) is 0 Å². The summed E-state index contributed by atoms with van der Waals surface area (Å²) in [5.41, 5.74) is 0. The second-order valence-electron chi connectivity index (χ2n) is 2.02. The number of halogens is 9. The second-order valence-corrected chi connectivity index (χ2v) is 2.46. The lowest BCUT2D eigenvalue weighted by Crippen LogP contribution is -2.50. The van der Waals surface area contributed by atoms with Crippen LogP contribution in [0.1, 0.15) is 0 Å². The van der Waals surface area contributed by atoms with Gasteiger partial charge in [0.25, 0.3) is 0 Å². The molecule has 0 fully saturated rings. The highest BCUT2D eigenvalue weighted by Gasteiger charge is 2.69. The molecule has 80 valence electrons. The van der Waals surface area contributed by atoms with Gasteiger partial charge in [0, 0.05) is 0 Å². The van der Waals surface area contributed by atoms with Crippen LogP contribution < -0.4 is 0 Å². The molecule has 0 amide bonds. The molecular formula is C4HClF8. The Bertz CT molecular complexity index is 178. The highest BCUT2D eigenvalue weighted by atomic mass is 35.5. The molecule has 0 saturated heterocycles. The van der Waals surface area contributed by atoms with Gasteiger partial charge >= 0.3 is 18.3 Å². The molecule has 0 N–H and O–H groups in total. The van der Waals surface area contributed by atoms with E-state index in [1.165, 1.54) is 0 Å². The zero-order chi connectivity index (χ0) is 11.1. The maximum atomic E-state index is 11.8. The zero-order valence-corrected chi connectivity index (χ0v) is 6.23. The summed E-state index contributed by atoms with van der Waals surface area (Å²) in [6.45, 7) is 0. The fraction of sp³-hybridized carbons (Fsp3) is 1.00. The third-order valence-electron chi connectivity index (χ3n) is 0.984. The largest absolute Gasteiger partial charge is 0.455 e. The first-order chi connectivity index (χ1) is 5.40. The van der Waals surface area contributed by atoms with E-state index in [2.05, 4.69) is 11.6 Å². The predicted molar refractivity (Wildman–Crippen MR) is 26.7 cm³/mol. The topological polar surface area (TPSA) is 0 Å². The van der Waals surface area contributed by atoms with Gasteiger partial charge in [0.05, 0.1) is 0 Å². The Hall–Kier alpha value is -0.270. The molecule has 0 aromatic carbocycles. The van der Waals surface area contributed by atoms with Gasteiger partial charge < -0.3 is 0 Å². The van der Waals surface area contributed by atoms with E-state index in [4.69, 9.17) is 0 Å². The molecule has 0 aliphatic heterocycles. The Kier molecular flexibility index (Phi) is 3.08. The Morgan fingerprint density at radius 1 is 0.769 bits per heavy atom. The summed E-state index contributed by atoms with van der Waals surface area (Å²) in [5, 5.41) is -4.26. The van der Waals surface area contributed by atoms with Crippen molar-refractivity contribution < 1.29 is 35.1 Å². The minimum Gasteiger partial charge on any atom is -0.194 e. The maximum absolute atomic E-state index is 11.8. The number of alkyl halides is 9. The smallest absolute Gasteiger partial charge is 0.194 e. The highest BCUT2D eigenvalue weighted by Crippen LogP contribution is 2.46. The third-order valence-corrected chi connectivity index (χ3v) is 1.51. The molecular weight excluding hydrogens is 235 g/mol. The van der Waals surface area contributed by atoms with Crippen molar-refractivity contribution in [1.82, 2.24) is 0 Å². The van der Waals surface area contributed by atoms with Gasteiger partial charge in [-0.2, -0.15) is 35.1 Å². The molecule has 1 atom stereocenters. The van der Waals surface area contributed by atoms with Crippen LogP contribution >= 0.6 is 11.6 Å². The van der Waals surface area contributed by atoms with E-state index in [-0.39, 0.29) is 0 Å². The number of hydrogen-bond acceptors (Lipinski definition) is 0. The summed E-state index contributed by atoms with van der Waals surface area (Å²) >= 11 is 3.94. The summed E-state index contributed by atoms with van der Waals surface area (Å²) in [4.78, 5) is 0. The van der Waals surface area contributed by atoms with Crippen molar-refractivity contribution in [3.8, 4) is 0 Å². The molecule has 0 saturated carbocycles. The average molecular weight is 236 g/mol. The van der Waals surface area contributed by atoms with Crippen LogP contribution in [0, 0.1) is 0 Å². The molecule has 0 nitrogen and oxygen atoms in total. The maximum Gasteiger partial charge on any atom is 0.455 e. The summed E-state index contributed by atoms with van der Waals surface area (Å²) in [5.74, 6) is -5.98. The van der Waals surface area contributed by atoms with Crippen LogP contribution in [0.2, 0.25) is 0 Å². The van der Waals surface area contributed by atoms with Gasteiger partial charge in [-0.15, -0.1) is 11.6 Å². The first-order valence-electron chi connectivity index (χ1n) is 2.56. The lowest BCUT2D eigenvalue weighted by molar-refractivity contribution is -0.310. The van der Waals surface area contributed by atoms with Crippen molar-refractivity contribution in [2.45, 2.75) is 23.7 Å². The quantitative estimate of drug-likeness (QED) is 0.484. The summed E-state index contributed by atoms with van der Waals surface area (Å²) in [6.07, 6.45) is -12.1. The fourth-order valence-electron chi connectivity index (χ4n) is 0.349. The van der Waals surface area contributed by atoms with Crippen LogP contribution in [0.5, 0.6) is 0 Å². The molecule has 1 unspecified atom stereocenters. The van der Waals surface area contributed by atoms with Crippen LogP contribution in [-0.2, 0) is 0 Å². The molecule has 9 heteroatoms. The van der Waals surface area contributed by atoms with Crippen LogP contribution in [-0.4, -0.2) is 23.7 Å². The van der Waals surface area contributed by atoms with Crippen molar-refractivity contribution >= 4 is 11.6 Å². The zero-order valence-electron chi connectivity index (χ0n) is 5.48. The molecule has 0 aromatic rings. The minimum absolute atomic E-state index is 3.94. The van der Waals surface area contributed by atoms with Crippen molar-refractivity contribution in [3.05, 3.63) is 0 Å². The fourth-order valence-corrected chi connectivity index (χ4v) is 0.473. The van der Waals surface area contributed by atoms with E-state index in [0.29, 0.717) is 0 Å². The summed E-state index contributed by atoms with van der Waals surface area (Å²) in [6, 6.07) is 0. The SMILES string of the molecule is FC(F)(F)C(Cl)C(F)(F)C(F)(F)F. The first-order valence-corrected chi connectivity index (χ1v) is 2.99. The van der Waals surface area contributed by atoms with E-state index in [1.54, 1.807) is 0 Å².